The van der Waals surface area contributed by atoms with E-state index in [0.29, 0.717) is 11.3 Å². The number of rotatable bonds is 7. The number of ether oxygens (including phenoxy) is 1. The van der Waals surface area contributed by atoms with Crippen molar-refractivity contribution in [2.24, 2.45) is 5.10 Å². The number of hydrogen-bond acceptors (Lipinski definition) is 5. The molecule has 0 aliphatic heterocycles. The Bertz CT molecular complexity index is 1240. The van der Waals surface area contributed by atoms with E-state index in [-0.39, 0.29) is 23.3 Å². The van der Waals surface area contributed by atoms with Gasteiger partial charge in [-0.05, 0) is 54.1 Å². The molecule has 0 saturated carbocycles. The Labute approximate surface area is 190 Å². The number of nitrogens with zero attached hydrogens (tertiary/aromatic N) is 2. The highest BCUT2D eigenvalue weighted by Gasteiger charge is 2.12. The van der Waals surface area contributed by atoms with Crippen molar-refractivity contribution in [3.8, 4) is 11.8 Å². The second kappa shape index (κ2) is 10.3. The molecule has 3 aromatic rings. The topological polar surface area (TPSA) is 112 Å². The van der Waals surface area contributed by atoms with Gasteiger partial charge in [-0.25, -0.2) is 14.6 Å². The van der Waals surface area contributed by atoms with E-state index in [1.807, 2.05) is 0 Å². The Morgan fingerprint density at radius 3 is 2.56 bits per heavy atom. The lowest BCUT2D eigenvalue weighted by molar-refractivity contribution is 0.0696. The largest absolute Gasteiger partial charge is 0.488 e. The summed E-state index contributed by atoms with van der Waals surface area (Å²) in [5.41, 5.74) is 3.61. The molecule has 0 heterocycles. The van der Waals surface area contributed by atoms with E-state index in [4.69, 9.17) is 15.1 Å². The number of carboxylic acids is 1. The van der Waals surface area contributed by atoms with Gasteiger partial charge in [-0.1, -0.05) is 28.1 Å². The molecule has 7 nitrogen and oxygen atoms in total. The predicted octanol–water partition coefficient (Wildman–Crippen LogP) is 4.50. The van der Waals surface area contributed by atoms with Crippen molar-refractivity contribution in [2.75, 3.05) is 0 Å². The van der Waals surface area contributed by atoms with Gasteiger partial charge in [-0.3, -0.25) is 4.79 Å². The van der Waals surface area contributed by atoms with Crippen LogP contribution in [0, 0.1) is 17.1 Å². The third kappa shape index (κ3) is 5.77. The molecule has 0 aliphatic rings. The molecule has 3 rings (SSSR count). The second-order valence-corrected chi connectivity index (χ2v) is 7.39. The first-order valence-corrected chi connectivity index (χ1v) is 9.94. The summed E-state index contributed by atoms with van der Waals surface area (Å²) in [5, 5.41) is 21.6. The first-order valence-electron chi connectivity index (χ1n) is 9.15. The first kappa shape index (κ1) is 22.7. The van der Waals surface area contributed by atoms with Crippen LogP contribution in [0.5, 0.6) is 5.75 Å². The predicted molar refractivity (Wildman–Crippen MR) is 118 cm³/mol. The molecule has 0 fully saturated rings. The minimum atomic E-state index is -1.01. The Kier molecular flexibility index (Phi) is 7.31. The van der Waals surface area contributed by atoms with Gasteiger partial charge in [0, 0.05) is 10.0 Å². The van der Waals surface area contributed by atoms with E-state index in [9.17, 15) is 14.0 Å². The number of aromatic carboxylic acids is 1. The van der Waals surface area contributed by atoms with Gasteiger partial charge >= 0.3 is 5.97 Å². The van der Waals surface area contributed by atoms with Gasteiger partial charge in [-0.15, -0.1) is 0 Å². The molecular formula is C23H15BrFN3O4. The molecule has 0 saturated heterocycles. The maximum atomic E-state index is 14.0. The highest BCUT2D eigenvalue weighted by atomic mass is 79.9. The summed E-state index contributed by atoms with van der Waals surface area (Å²) in [5.74, 6) is -2.12. The molecule has 32 heavy (non-hydrogen) atoms. The standard InChI is InChI=1S/C23H15BrFN3O4/c24-18-6-8-21(32-13-14-1-4-16(5-2-14)23(30)31)17(10-18)12-27-28-22(29)19-7-3-15(11-26)9-20(19)25/h1-10,12H,13H2,(H,28,29)(H,30,31)/b27-12+. The van der Waals surface area contributed by atoms with Gasteiger partial charge in [0.1, 0.15) is 18.2 Å². The van der Waals surface area contributed by atoms with Crippen LogP contribution in [0.4, 0.5) is 4.39 Å². The third-order valence-electron chi connectivity index (χ3n) is 4.28. The van der Waals surface area contributed by atoms with Crippen LogP contribution in [-0.2, 0) is 6.61 Å². The lowest BCUT2D eigenvalue weighted by Gasteiger charge is -2.10. The highest BCUT2D eigenvalue weighted by molar-refractivity contribution is 9.10. The van der Waals surface area contributed by atoms with E-state index < -0.39 is 17.7 Å². The zero-order valence-electron chi connectivity index (χ0n) is 16.4. The van der Waals surface area contributed by atoms with E-state index in [0.717, 1.165) is 16.1 Å². The fraction of sp³-hybridized carbons (Fsp3) is 0.0435. The molecule has 0 radical (unpaired) electrons. The van der Waals surface area contributed by atoms with Crippen LogP contribution >= 0.6 is 15.9 Å². The Morgan fingerprint density at radius 2 is 1.91 bits per heavy atom. The average Bonchev–Trinajstić information content (AvgIpc) is 2.78. The smallest absolute Gasteiger partial charge is 0.335 e. The van der Waals surface area contributed by atoms with Crippen molar-refractivity contribution in [3.63, 3.8) is 0 Å². The van der Waals surface area contributed by atoms with Crippen LogP contribution in [0.1, 0.15) is 37.4 Å². The number of carbonyl (C=O) groups is 2. The highest BCUT2D eigenvalue weighted by Crippen LogP contribution is 2.23. The van der Waals surface area contributed by atoms with Crippen molar-refractivity contribution in [1.82, 2.24) is 5.43 Å². The van der Waals surface area contributed by atoms with Crippen molar-refractivity contribution >= 4 is 34.0 Å². The Hall–Kier alpha value is -4.03. The van der Waals surface area contributed by atoms with Gasteiger partial charge in [0.25, 0.3) is 5.91 Å². The van der Waals surface area contributed by atoms with Crippen LogP contribution in [0.25, 0.3) is 0 Å². The molecule has 0 spiro atoms. The molecule has 0 aliphatic carbocycles. The van der Waals surface area contributed by atoms with Crippen molar-refractivity contribution in [1.29, 1.82) is 5.26 Å². The number of amides is 1. The molecule has 0 unspecified atom stereocenters. The molecule has 0 bridgehead atoms. The van der Waals surface area contributed by atoms with E-state index >= 15 is 0 Å². The van der Waals surface area contributed by atoms with Crippen LogP contribution in [-0.4, -0.2) is 23.2 Å². The van der Waals surface area contributed by atoms with Crippen LogP contribution in [0.15, 0.2) is 70.2 Å². The zero-order valence-corrected chi connectivity index (χ0v) is 18.0. The van der Waals surface area contributed by atoms with Gasteiger partial charge in [-0.2, -0.15) is 10.4 Å². The number of hydrogen-bond donors (Lipinski definition) is 2. The number of carbonyl (C=O) groups excluding carboxylic acids is 1. The summed E-state index contributed by atoms with van der Waals surface area (Å²) in [6.45, 7) is 0.186. The van der Waals surface area contributed by atoms with E-state index in [1.165, 1.54) is 30.5 Å². The number of nitriles is 1. The molecule has 3 aromatic carbocycles. The summed E-state index contributed by atoms with van der Waals surface area (Å²) in [6, 6.07) is 16.8. The Morgan fingerprint density at radius 1 is 1.16 bits per heavy atom. The quantitative estimate of drug-likeness (QED) is 0.370. The number of carboxylic acid groups (broad SMARTS) is 1. The minimum Gasteiger partial charge on any atom is -0.488 e. The molecule has 160 valence electrons. The summed E-state index contributed by atoms with van der Waals surface area (Å²) < 4.78 is 20.5. The normalized spacial score (nSPS) is 10.5. The maximum absolute atomic E-state index is 14.0. The number of hydrazone groups is 1. The first-order chi connectivity index (χ1) is 15.4. The average molecular weight is 496 g/mol. The summed E-state index contributed by atoms with van der Waals surface area (Å²) in [6.07, 6.45) is 1.35. The summed E-state index contributed by atoms with van der Waals surface area (Å²) >= 11 is 3.36. The maximum Gasteiger partial charge on any atom is 0.335 e. The minimum absolute atomic E-state index is 0.107. The molecule has 9 heteroatoms. The lowest BCUT2D eigenvalue weighted by atomic mass is 10.1. The molecular weight excluding hydrogens is 481 g/mol. The fourth-order valence-electron chi connectivity index (χ4n) is 2.65. The van der Waals surface area contributed by atoms with Crippen LogP contribution in [0.3, 0.4) is 0 Å². The summed E-state index contributed by atoms with van der Waals surface area (Å²) in [4.78, 5) is 23.1. The number of benzene rings is 3. The van der Waals surface area contributed by atoms with Gasteiger partial charge in [0.15, 0.2) is 0 Å². The van der Waals surface area contributed by atoms with Crippen molar-refractivity contribution in [2.45, 2.75) is 6.61 Å². The number of halogens is 2. The summed E-state index contributed by atoms with van der Waals surface area (Å²) in [7, 11) is 0. The van der Waals surface area contributed by atoms with Crippen LogP contribution < -0.4 is 10.2 Å². The lowest BCUT2D eigenvalue weighted by Crippen LogP contribution is -2.19. The zero-order chi connectivity index (χ0) is 23.1. The van der Waals surface area contributed by atoms with E-state index in [1.54, 1.807) is 36.4 Å². The molecule has 1 amide bonds. The van der Waals surface area contributed by atoms with Crippen molar-refractivity contribution in [3.05, 3.63) is 98.8 Å². The van der Waals surface area contributed by atoms with Crippen molar-refractivity contribution < 1.29 is 23.8 Å². The number of nitrogens with one attached hydrogen (secondary N) is 1. The molecule has 0 aromatic heterocycles. The van der Waals surface area contributed by atoms with Gasteiger partial charge in [0.05, 0.1) is 29.0 Å². The molecule has 0 atom stereocenters. The third-order valence-corrected chi connectivity index (χ3v) is 4.77. The van der Waals surface area contributed by atoms with Gasteiger partial charge < -0.3 is 9.84 Å². The van der Waals surface area contributed by atoms with E-state index in [2.05, 4.69) is 26.5 Å². The fourth-order valence-corrected chi connectivity index (χ4v) is 3.02. The SMILES string of the molecule is N#Cc1ccc(C(=O)N/N=C/c2cc(Br)ccc2OCc2ccc(C(=O)O)cc2)c(F)c1. The molecule has 2 N–H and O–H groups in total. The second-order valence-electron chi connectivity index (χ2n) is 6.48. The van der Waals surface area contributed by atoms with Crippen LogP contribution in [0.2, 0.25) is 0 Å². The Balaban J connectivity index is 1.69. The van der Waals surface area contributed by atoms with Gasteiger partial charge in [0.2, 0.25) is 0 Å². The monoisotopic (exact) mass is 495 g/mol.